The van der Waals surface area contributed by atoms with Crippen LogP contribution in [0.25, 0.3) is 12.3 Å². The first-order valence-corrected chi connectivity index (χ1v) is 4.59. The average Bonchev–Trinajstić information content (AvgIpc) is 2.63. The van der Waals surface area contributed by atoms with E-state index in [1.807, 2.05) is 42.1 Å². The van der Waals surface area contributed by atoms with Crippen LogP contribution in [0.4, 0.5) is 0 Å². The molecule has 0 unspecified atom stereocenters. The second-order valence-electron chi connectivity index (χ2n) is 3.11. The lowest BCUT2D eigenvalue weighted by Crippen LogP contribution is -1.86. The van der Waals surface area contributed by atoms with Gasteiger partial charge in [-0.1, -0.05) is 30.3 Å². The van der Waals surface area contributed by atoms with Crippen LogP contribution in [0.5, 0.6) is 0 Å². The lowest BCUT2D eigenvalue weighted by Gasteiger charge is -1.95. The van der Waals surface area contributed by atoms with Crippen molar-refractivity contribution < 1.29 is 0 Å². The van der Waals surface area contributed by atoms with Crippen molar-refractivity contribution in [2.24, 2.45) is 0 Å². The Morgan fingerprint density at radius 3 is 2.64 bits per heavy atom. The van der Waals surface area contributed by atoms with Crippen LogP contribution in [0, 0.1) is 6.92 Å². The number of aryl methyl sites for hydroxylation is 1. The lowest BCUT2D eigenvalue weighted by atomic mass is 10.2. The van der Waals surface area contributed by atoms with Crippen LogP contribution in [-0.2, 0) is 0 Å². The minimum absolute atomic E-state index is 0.997. The van der Waals surface area contributed by atoms with E-state index in [0.717, 1.165) is 5.82 Å². The van der Waals surface area contributed by atoms with Crippen LogP contribution in [0.3, 0.4) is 0 Å². The van der Waals surface area contributed by atoms with Gasteiger partial charge in [-0.3, -0.25) is 0 Å². The van der Waals surface area contributed by atoms with Crippen molar-refractivity contribution in [1.29, 1.82) is 0 Å². The summed E-state index contributed by atoms with van der Waals surface area (Å²) in [5.41, 5.74) is 1.20. The van der Waals surface area contributed by atoms with Crippen molar-refractivity contribution in [3.8, 4) is 0 Å². The van der Waals surface area contributed by atoms with Crippen LogP contribution >= 0.6 is 0 Å². The molecule has 2 rings (SSSR count). The molecule has 0 radical (unpaired) electrons. The van der Waals surface area contributed by atoms with E-state index < -0.39 is 0 Å². The molecule has 0 atom stereocenters. The normalized spacial score (nSPS) is 10.9. The summed E-state index contributed by atoms with van der Waals surface area (Å²) in [5.74, 6) is 0.997. The molecule has 2 nitrogen and oxygen atoms in total. The van der Waals surface area contributed by atoms with Crippen molar-refractivity contribution >= 4 is 12.3 Å². The molecule has 0 saturated carbocycles. The smallest absolute Gasteiger partial charge is 0.109 e. The first-order chi connectivity index (χ1) is 6.86. The maximum absolute atomic E-state index is 4.14. The Balaban J connectivity index is 2.20. The maximum Gasteiger partial charge on any atom is 0.109 e. The van der Waals surface area contributed by atoms with Gasteiger partial charge in [-0.25, -0.2) is 4.98 Å². The van der Waals surface area contributed by atoms with Crippen molar-refractivity contribution in [2.45, 2.75) is 6.92 Å². The van der Waals surface area contributed by atoms with Crippen LogP contribution in [0.15, 0.2) is 42.7 Å². The van der Waals surface area contributed by atoms with E-state index in [1.54, 1.807) is 6.20 Å². The van der Waals surface area contributed by atoms with Gasteiger partial charge < -0.3 is 4.57 Å². The average molecular weight is 184 g/mol. The summed E-state index contributed by atoms with van der Waals surface area (Å²) in [7, 11) is 0. The van der Waals surface area contributed by atoms with Gasteiger partial charge in [-0.2, -0.15) is 0 Å². The molecule has 0 amide bonds. The molecule has 70 valence electrons. The van der Waals surface area contributed by atoms with Gasteiger partial charge in [0.15, 0.2) is 0 Å². The Morgan fingerprint density at radius 2 is 2.00 bits per heavy atom. The zero-order valence-corrected chi connectivity index (χ0v) is 8.09. The summed E-state index contributed by atoms with van der Waals surface area (Å²) in [4.78, 5) is 4.14. The second-order valence-corrected chi connectivity index (χ2v) is 3.11. The van der Waals surface area contributed by atoms with Gasteiger partial charge in [-0.15, -0.1) is 0 Å². The van der Waals surface area contributed by atoms with Gasteiger partial charge in [-0.05, 0) is 18.6 Å². The molecule has 2 aromatic rings. The summed E-state index contributed by atoms with van der Waals surface area (Å²) >= 11 is 0. The van der Waals surface area contributed by atoms with E-state index in [9.17, 15) is 0 Å². The summed E-state index contributed by atoms with van der Waals surface area (Å²) in [6.45, 7) is 1.98. The molecule has 0 fully saturated rings. The van der Waals surface area contributed by atoms with Crippen molar-refractivity contribution in [3.63, 3.8) is 0 Å². The third-order valence-electron chi connectivity index (χ3n) is 2.09. The molecule has 0 spiro atoms. The molecule has 0 aliphatic heterocycles. The van der Waals surface area contributed by atoms with E-state index in [1.165, 1.54) is 5.56 Å². The van der Waals surface area contributed by atoms with E-state index in [2.05, 4.69) is 23.2 Å². The molecule has 0 aliphatic rings. The molecule has 0 aliphatic carbocycles. The van der Waals surface area contributed by atoms with Crippen LogP contribution in [0.1, 0.15) is 11.4 Å². The summed E-state index contributed by atoms with van der Waals surface area (Å²) in [6.07, 6.45) is 7.81. The van der Waals surface area contributed by atoms with Gasteiger partial charge in [0.25, 0.3) is 0 Å². The Morgan fingerprint density at radius 1 is 1.21 bits per heavy atom. The van der Waals surface area contributed by atoms with Gasteiger partial charge in [0.1, 0.15) is 5.82 Å². The fraction of sp³-hybridized carbons (Fsp3) is 0.0833. The molecule has 1 aromatic carbocycles. The van der Waals surface area contributed by atoms with E-state index >= 15 is 0 Å². The minimum atomic E-state index is 0.997. The number of aromatic nitrogens is 2. The summed E-state index contributed by atoms with van der Waals surface area (Å²) < 4.78 is 1.99. The highest BCUT2D eigenvalue weighted by atomic mass is 15.0. The molecular formula is C12H12N2. The quantitative estimate of drug-likeness (QED) is 0.701. The predicted molar refractivity (Wildman–Crippen MR) is 58.6 cm³/mol. The summed E-state index contributed by atoms with van der Waals surface area (Å²) in [5, 5.41) is 0. The van der Waals surface area contributed by atoms with E-state index in [4.69, 9.17) is 0 Å². The molecule has 1 aromatic heterocycles. The van der Waals surface area contributed by atoms with Crippen LogP contribution in [0.2, 0.25) is 0 Å². The maximum atomic E-state index is 4.14. The van der Waals surface area contributed by atoms with Crippen LogP contribution in [-0.4, -0.2) is 9.55 Å². The first kappa shape index (κ1) is 8.75. The highest BCUT2D eigenvalue weighted by Crippen LogP contribution is 2.03. The number of hydrogen-bond donors (Lipinski definition) is 0. The minimum Gasteiger partial charge on any atom is -0.311 e. The van der Waals surface area contributed by atoms with Gasteiger partial charge in [0.05, 0.1) is 0 Å². The molecule has 0 bridgehead atoms. The number of nitrogens with zero attached hydrogens (tertiary/aromatic N) is 2. The number of hydrogen-bond acceptors (Lipinski definition) is 1. The highest BCUT2D eigenvalue weighted by molar-refractivity contribution is 5.60. The predicted octanol–water partition coefficient (Wildman–Crippen LogP) is 2.82. The van der Waals surface area contributed by atoms with Crippen molar-refractivity contribution in [1.82, 2.24) is 9.55 Å². The third-order valence-corrected chi connectivity index (χ3v) is 2.09. The standard InChI is InChI=1S/C12H12N2/c1-11-13-8-10-14(11)9-7-12-5-3-2-4-6-12/h2-10H,1H3. The Kier molecular flexibility index (Phi) is 2.45. The Labute approximate surface area is 83.5 Å². The molecule has 0 N–H and O–H groups in total. The zero-order valence-electron chi connectivity index (χ0n) is 8.09. The number of rotatable bonds is 2. The van der Waals surface area contributed by atoms with Gasteiger partial charge in [0, 0.05) is 18.6 Å². The van der Waals surface area contributed by atoms with Crippen LogP contribution < -0.4 is 0 Å². The van der Waals surface area contributed by atoms with Crippen molar-refractivity contribution in [3.05, 3.63) is 54.1 Å². The Bertz CT molecular complexity index is 427. The lowest BCUT2D eigenvalue weighted by molar-refractivity contribution is 1.03. The topological polar surface area (TPSA) is 17.8 Å². The molecular weight excluding hydrogens is 172 g/mol. The zero-order chi connectivity index (χ0) is 9.80. The molecule has 0 saturated heterocycles. The van der Waals surface area contributed by atoms with E-state index in [0.29, 0.717) is 0 Å². The fourth-order valence-electron chi connectivity index (χ4n) is 1.28. The third kappa shape index (κ3) is 1.91. The van der Waals surface area contributed by atoms with Gasteiger partial charge >= 0.3 is 0 Å². The Hall–Kier alpha value is -1.83. The SMILES string of the molecule is Cc1nccn1C=Cc1ccccc1. The monoisotopic (exact) mass is 184 g/mol. The first-order valence-electron chi connectivity index (χ1n) is 4.59. The molecule has 14 heavy (non-hydrogen) atoms. The van der Waals surface area contributed by atoms with E-state index in [-0.39, 0.29) is 0 Å². The summed E-state index contributed by atoms with van der Waals surface area (Å²) in [6, 6.07) is 10.2. The molecule has 2 heteroatoms. The highest BCUT2D eigenvalue weighted by Gasteiger charge is 1.90. The number of imidazole rings is 1. The van der Waals surface area contributed by atoms with Crippen molar-refractivity contribution in [2.75, 3.05) is 0 Å². The molecule has 1 heterocycles. The fourth-order valence-corrected chi connectivity index (χ4v) is 1.28. The van der Waals surface area contributed by atoms with Gasteiger partial charge in [0.2, 0.25) is 0 Å². The second kappa shape index (κ2) is 3.92. The number of benzene rings is 1. The largest absolute Gasteiger partial charge is 0.311 e.